The van der Waals surface area contributed by atoms with Gasteiger partial charge < -0.3 is 19.7 Å². The molecule has 2 N–H and O–H groups in total. The highest BCUT2D eigenvalue weighted by atomic mass is 16.5. The van der Waals surface area contributed by atoms with Gasteiger partial charge in [0.15, 0.2) is 0 Å². The maximum Gasteiger partial charge on any atom is 0.412 e. The van der Waals surface area contributed by atoms with E-state index in [1.165, 1.54) is 20.0 Å². The van der Waals surface area contributed by atoms with E-state index in [4.69, 9.17) is 4.74 Å². The third-order valence-electron chi connectivity index (χ3n) is 5.77. The number of amides is 1. The Morgan fingerprint density at radius 3 is 2.75 bits per heavy atom. The Bertz CT molecular complexity index is 1050. The third-order valence-corrected chi connectivity index (χ3v) is 5.77. The van der Waals surface area contributed by atoms with Crippen molar-refractivity contribution in [2.45, 2.75) is 19.4 Å². The van der Waals surface area contributed by atoms with E-state index in [1.807, 2.05) is 42.6 Å². The molecule has 2 aromatic heterocycles. The van der Waals surface area contributed by atoms with Crippen molar-refractivity contribution < 1.29 is 14.3 Å². The van der Waals surface area contributed by atoms with Crippen LogP contribution in [0.4, 0.5) is 16.3 Å². The maximum absolute atomic E-state index is 11.5. The van der Waals surface area contributed by atoms with Gasteiger partial charge in [-0.3, -0.25) is 5.32 Å². The number of methoxy groups -OCH3 is 1. The summed E-state index contributed by atoms with van der Waals surface area (Å²) in [6.45, 7) is 3.66. The lowest BCUT2D eigenvalue weighted by atomic mass is 9.98. The normalized spacial score (nSPS) is 14.8. The molecule has 1 fully saturated rings. The molecular formula is C24H29N5O3. The van der Waals surface area contributed by atoms with Crippen molar-refractivity contribution >= 4 is 28.4 Å². The van der Waals surface area contributed by atoms with Crippen molar-refractivity contribution in [2.24, 2.45) is 5.92 Å². The van der Waals surface area contributed by atoms with Gasteiger partial charge in [-0.25, -0.2) is 14.8 Å². The van der Waals surface area contributed by atoms with Crippen molar-refractivity contribution in [3.63, 3.8) is 0 Å². The first-order chi connectivity index (χ1) is 15.6. The average Bonchev–Trinajstić information content (AvgIpc) is 2.83. The number of carbonyl (C=O) groups excluding carboxylic acids is 1. The molecule has 0 atom stereocenters. The van der Waals surface area contributed by atoms with Gasteiger partial charge in [0.25, 0.3) is 0 Å². The fraction of sp³-hybridized carbons (Fsp3) is 0.375. The van der Waals surface area contributed by atoms with Gasteiger partial charge in [-0.15, -0.1) is 0 Å². The van der Waals surface area contributed by atoms with Gasteiger partial charge in [0.1, 0.15) is 5.82 Å². The lowest BCUT2D eigenvalue weighted by Crippen LogP contribution is -2.32. The Morgan fingerprint density at radius 1 is 1.16 bits per heavy atom. The lowest BCUT2D eigenvalue weighted by molar-refractivity contribution is 0.157. The molecule has 0 unspecified atom stereocenters. The number of piperidine rings is 1. The number of hydrogen-bond donors (Lipinski definition) is 2. The summed E-state index contributed by atoms with van der Waals surface area (Å²) in [5.74, 6) is 1.76. The molecule has 0 aliphatic carbocycles. The number of carbonyl (C=O) groups is 1. The van der Waals surface area contributed by atoms with E-state index < -0.39 is 6.09 Å². The largest absolute Gasteiger partial charge is 0.477 e. The first-order valence-electron chi connectivity index (χ1n) is 10.8. The number of fused-ring (bicyclic) bond motifs is 1. The summed E-state index contributed by atoms with van der Waals surface area (Å²) in [5, 5.41) is 7.86. The van der Waals surface area contributed by atoms with Crippen molar-refractivity contribution in [3.05, 3.63) is 54.4 Å². The zero-order valence-corrected chi connectivity index (χ0v) is 18.5. The molecule has 32 heavy (non-hydrogen) atoms. The van der Waals surface area contributed by atoms with E-state index in [0.717, 1.165) is 41.7 Å². The highest BCUT2D eigenvalue weighted by Crippen LogP contribution is 2.25. The fourth-order valence-electron chi connectivity index (χ4n) is 3.77. The molecule has 8 nitrogen and oxygen atoms in total. The molecule has 4 rings (SSSR count). The topological polar surface area (TPSA) is 88.6 Å². The zero-order chi connectivity index (χ0) is 22.3. The number of ether oxygens (including phenoxy) is 2. The second-order valence-electron chi connectivity index (χ2n) is 8.13. The van der Waals surface area contributed by atoms with E-state index in [1.54, 1.807) is 6.20 Å². The third kappa shape index (κ3) is 5.64. The molecule has 1 amide bonds. The van der Waals surface area contributed by atoms with Gasteiger partial charge >= 0.3 is 6.09 Å². The second kappa shape index (κ2) is 10.3. The SMILES string of the molecule is COC(=O)Nc1nccc2cc(NCc3ccc(OCC4CCN(C)CC4)nc3)ccc12. The molecule has 1 aliphatic rings. The van der Waals surface area contributed by atoms with Gasteiger partial charge in [-0.05, 0) is 74.1 Å². The minimum absolute atomic E-state index is 0.473. The van der Waals surface area contributed by atoms with Crippen LogP contribution in [0.5, 0.6) is 5.88 Å². The molecule has 1 saturated heterocycles. The number of pyridine rings is 2. The Labute approximate surface area is 188 Å². The Balaban J connectivity index is 1.31. The number of aromatic nitrogens is 2. The van der Waals surface area contributed by atoms with E-state index in [0.29, 0.717) is 24.2 Å². The van der Waals surface area contributed by atoms with Crippen LogP contribution in [0.1, 0.15) is 18.4 Å². The summed E-state index contributed by atoms with van der Waals surface area (Å²) in [6.07, 6.45) is 5.33. The van der Waals surface area contributed by atoms with Gasteiger partial charge in [0, 0.05) is 36.1 Å². The molecule has 1 aromatic carbocycles. The minimum Gasteiger partial charge on any atom is -0.477 e. The smallest absolute Gasteiger partial charge is 0.412 e. The number of likely N-dealkylation sites (tertiary alicyclic amines) is 1. The highest BCUT2D eigenvalue weighted by Gasteiger charge is 2.17. The molecule has 1 aliphatic heterocycles. The van der Waals surface area contributed by atoms with Crippen molar-refractivity contribution in [3.8, 4) is 5.88 Å². The van der Waals surface area contributed by atoms with Gasteiger partial charge in [0.2, 0.25) is 5.88 Å². The minimum atomic E-state index is -0.543. The number of hydrogen-bond acceptors (Lipinski definition) is 7. The van der Waals surface area contributed by atoms with Crippen molar-refractivity contribution in [2.75, 3.05) is 44.5 Å². The predicted molar refractivity (Wildman–Crippen MR) is 125 cm³/mol. The molecule has 3 aromatic rings. The molecule has 168 valence electrons. The second-order valence-corrected chi connectivity index (χ2v) is 8.13. The fourth-order valence-corrected chi connectivity index (χ4v) is 3.77. The van der Waals surface area contributed by atoms with E-state index in [2.05, 4.69) is 37.3 Å². The predicted octanol–water partition coefficient (Wildman–Crippen LogP) is 4.14. The number of nitrogens with one attached hydrogen (secondary N) is 2. The quantitative estimate of drug-likeness (QED) is 0.577. The molecule has 0 radical (unpaired) electrons. The molecule has 8 heteroatoms. The summed E-state index contributed by atoms with van der Waals surface area (Å²) in [7, 11) is 3.49. The van der Waals surface area contributed by atoms with Crippen LogP contribution in [0.2, 0.25) is 0 Å². The molecule has 0 saturated carbocycles. The maximum atomic E-state index is 11.5. The molecule has 0 bridgehead atoms. The number of rotatable bonds is 7. The van der Waals surface area contributed by atoms with E-state index in [9.17, 15) is 4.79 Å². The summed E-state index contributed by atoms with van der Waals surface area (Å²) in [4.78, 5) is 22.5. The Hall–Kier alpha value is -3.39. The van der Waals surface area contributed by atoms with Gasteiger partial charge in [-0.2, -0.15) is 0 Å². The van der Waals surface area contributed by atoms with Gasteiger partial charge in [0.05, 0.1) is 13.7 Å². The van der Waals surface area contributed by atoms with Crippen LogP contribution in [0.15, 0.2) is 48.8 Å². The first-order valence-corrected chi connectivity index (χ1v) is 10.8. The van der Waals surface area contributed by atoms with Crippen LogP contribution >= 0.6 is 0 Å². The van der Waals surface area contributed by atoms with E-state index in [-0.39, 0.29) is 0 Å². The number of benzene rings is 1. The van der Waals surface area contributed by atoms with Crippen LogP contribution in [-0.4, -0.2) is 54.8 Å². The zero-order valence-electron chi connectivity index (χ0n) is 18.5. The standard InChI is InChI=1S/C24H29N5O3/c1-29-11-8-17(9-12-29)16-32-22-6-3-18(15-27-22)14-26-20-4-5-21-19(13-20)7-10-25-23(21)28-24(30)31-2/h3-7,10,13,15,17,26H,8-9,11-12,14,16H2,1-2H3,(H,25,28,30). The van der Waals surface area contributed by atoms with Crippen LogP contribution in [0.3, 0.4) is 0 Å². The molecule has 0 spiro atoms. The molecule has 3 heterocycles. The van der Waals surface area contributed by atoms with Crippen molar-refractivity contribution in [1.29, 1.82) is 0 Å². The number of anilines is 2. The van der Waals surface area contributed by atoms with Crippen LogP contribution in [0.25, 0.3) is 10.8 Å². The summed E-state index contributed by atoms with van der Waals surface area (Å²) < 4.78 is 10.6. The monoisotopic (exact) mass is 435 g/mol. The van der Waals surface area contributed by atoms with Crippen LogP contribution in [0, 0.1) is 5.92 Å². The average molecular weight is 436 g/mol. The number of nitrogens with zero attached hydrogens (tertiary/aromatic N) is 3. The Kier molecular flexibility index (Phi) is 7.01. The van der Waals surface area contributed by atoms with E-state index >= 15 is 0 Å². The lowest BCUT2D eigenvalue weighted by Gasteiger charge is -2.28. The highest BCUT2D eigenvalue weighted by molar-refractivity contribution is 5.99. The summed E-state index contributed by atoms with van der Waals surface area (Å²) in [6, 6.07) is 11.8. The first kappa shape index (κ1) is 21.8. The summed E-state index contributed by atoms with van der Waals surface area (Å²) >= 11 is 0. The van der Waals surface area contributed by atoms with Gasteiger partial charge in [-0.1, -0.05) is 6.07 Å². The van der Waals surface area contributed by atoms with Crippen LogP contribution in [-0.2, 0) is 11.3 Å². The summed E-state index contributed by atoms with van der Waals surface area (Å²) in [5.41, 5.74) is 2.04. The molecular weight excluding hydrogens is 406 g/mol. The Morgan fingerprint density at radius 2 is 2.00 bits per heavy atom. The van der Waals surface area contributed by atoms with Crippen LogP contribution < -0.4 is 15.4 Å². The van der Waals surface area contributed by atoms with Crippen molar-refractivity contribution in [1.82, 2.24) is 14.9 Å².